The number of carbonyl (C=O) groups excluding carboxylic acids is 2. The summed E-state index contributed by atoms with van der Waals surface area (Å²) < 4.78 is 19.3. The second-order valence-electron chi connectivity index (χ2n) is 3.87. The fourth-order valence-corrected chi connectivity index (χ4v) is 1.42. The lowest BCUT2D eigenvalue weighted by Crippen LogP contribution is -2.13. The van der Waals surface area contributed by atoms with Gasteiger partial charge in [0.2, 0.25) is 0 Å². The molecule has 0 atom stereocenters. The molecule has 0 spiro atoms. The van der Waals surface area contributed by atoms with Gasteiger partial charge in [-0.1, -0.05) is 6.07 Å². The van der Waals surface area contributed by atoms with Gasteiger partial charge in [-0.25, -0.2) is 9.59 Å². The van der Waals surface area contributed by atoms with E-state index in [-0.39, 0.29) is 6.61 Å². The molecule has 0 aliphatic heterocycles. The first-order chi connectivity index (χ1) is 10.6. The summed E-state index contributed by atoms with van der Waals surface area (Å²) in [5.74, 6) is -0.452. The van der Waals surface area contributed by atoms with E-state index in [1.807, 2.05) is 6.07 Å². The molecule has 0 aliphatic carbocycles. The van der Waals surface area contributed by atoms with Crippen LogP contribution in [0.1, 0.15) is 5.56 Å². The lowest BCUT2D eigenvalue weighted by molar-refractivity contribution is -0.154. The first-order valence-electron chi connectivity index (χ1n) is 6.20. The molecule has 22 heavy (non-hydrogen) atoms. The van der Waals surface area contributed by atoms with Gasteiger partial charge in [-0.15, -0.1) is 0 Å². The maximum Gasteiger partial charge on any atom is 0.344 e. The number of benzene rings is 1. The number of esters is 2. The zero-order valence-electron chi connectivity index (χ0n) is 12.2. The summed E-state index contributed by atoms with van der Waals surface area (Å²) in [4.78, 5) is 22.2. The predicted molar refractivity (Wildman–Crippen MR) is 76.1 cm³/mol. The Hall–Kier alpha value is -3.01. The van der Waals surface area contributed by atoms with E-state index < -0.39 is 18.5 Å². The maximum atomic E-state index is 11.4. The molecule has 7 heteroatoms. The molecule has 0 unspecified atom stereocenters. The van der Waals surface area contributed by atoms with Gasteiger partial charge in [-0.05, 0) is 23.8 Å². The van der Waals surface area contributed by atoms with Crippen molar-refractivity contribution >= 4 is 18.0 Å². The highest BCUT2D eigenvalue weighted by atomic mass is 16.6. The molecule has 0 N–H and O–H groups in total. The van der Waals surface area contributed by atoms with Crippen LogP contribution in [0.15, 0.2) is 24.3 Å². The van der Waals surface area contributed by atoms with Gasteiger partial charge >= 0.3 is 11.9 Å². The summed E-state index contributed by atoms with van der Waals surface area (Å²) in [7, 11) is 2.67. The second kappa shape index (κ2) is 9.02. The van der Waals surface area contributed by atoms with E-state index >= 15 is 0 Å². The van der Waals surface area contributed by atoms with Crippen molar-refractivity contribution in [2.75, 3.05) is 27.4 Å². The Kier molecular flexibility index (Phi) is 6.99. The Bertz CT molecular complexity index is 603. The van der Waals surface area contributed by atoms with Gasteiger partial charge < -0.3 is 18.9 Å². The smallest absolute Gasteiger partial charge is 0.344 e. The molecule has 0 amide bonds. The van der Waals surface area contributed by atoms with Gasteiger partial charge in [0, 0.05) is 6.08 Å². The second-order valence-corrected chi connectivity index (χ2v) is 3.87. The third-order valence-electron chi connectivity index (χ3n) is 2.45. The first kappa shape index (κ1) is 17.0. The normalized spacial score (nSPS) is 9.86. The predicted octanol–water partition coefficient (Wildman–Crippen LogP) is 1.33. The summed E-state index contributed by atoms with van der Waals surface area (Å²) in [5, 5.41) is 8.49. The van der Waals surface area contributed by atoms with Gasteiger partial charge in [-0.3, -0.25) is 0 Å². The zero-order chi connectivity index (χ0) is 16.4. The van der Waals surface area contributed by atoms with Crippen LogP contribution >= 0.6 is 0 Å². The summed E-state index contributed by atoms with van der Waals surface area (Å²) in [6.45, 7) is -0.532. The van der Waals surface area contributed by atoms with Crippen LogP contribution in [0, 0.1) is 11.3 Å². The van der Waals surface area contributed by atoms with Crippen LogP contribution in [0.4, 0.5) is 0 Å². The van der Waals surface area contributed by atoms with Crippen molar-refractivity contribution in [3.05, 3.63) is 29.8 Å². The van der Waals surface area contributed by atoms with Crippen LogP contribution in [0.5, 0.6) is 11.5 Å². The number of nitriles is 1. The van der Waals surface area contributed by atoms with Crippen molar-refractivity contribution in [1.82, 2.24) is 0 Å². The number of ether oxygens (including phenoxy) is 4. The zero-order valence-corrected chi connectivity index (χ0v) is 12.2. The molecule has 0 saturated carbocycles. The summed E-state index contributed by atoms with van der Waals surface area (Å²) >= 11 is 0. The van der Waals surface area contributed by atoms with Gasteiger partial charge in [0.1, 0.15) is 6.07 Å². The average Bonchev–Trinajstić information content (AvgIpc) is 2.55. The van der Waals surface area contributed by atoms with Crippen LogP contribution in [0.2, 0.25) is 0 Å². The van der Waals surface area contributed by atoms with Crippen LogP contribution in [0.25, 0.3) is 6.08 Å². The van der Waals surface area contributed by atoms with E-state index in [1.54, 1.807) is 18.2 Å². The van der Waals surface area contributed by atoms with E-state index in [0.29, 0.717) is 17.1 Å². The molecule has 7 nitrogen and oxygen atoms in total. The minimum atomic E-state index is -0.672. The summed E-state index contributed by atoms with van der Waals surface area (Å²) in [6, 6.07) is 6.80. The SMILES string of the molecule is COC(=O)COC(=O)/C=C/c1ccc(OCC#N)c(OC)c1. The maximum absolute atomic E-state index is 11.4. The van der Waals surface area contributed by atoms with E-state index in [0.717, 1.165) is 0 Å². The first-order valence-corrected chi connectivity index (χ1v) is 6.20. The number of hydrogen-bond donors (Lipinski definition) is 0. The van der Waals surface area contributed by atoms with Gasteiger partial charge in [0.05, 0.1) is 14.2 Å². The van der Waals surface area contributed by atoms with E-state index in [9.17, 15) is 9.59 Å². The van der Waals surface area contributed by atoms with Crippen LogP contribution < -0.4 is 9.47 Å². The molecule has 0 aromatic heterocycles. The Morgan fingerprint density at radius 2 is 2.05 bits per heavy atom. The molecule has 0 aliphatic rings. The number of rotatable bonds is 7. The molecule has 1 aromatic carbocycles. The number of nitrogens with zero attached hydrogens (tertiary/aromatic N) is 1. The quantitative estimate of drug-likeness (QED) is 0.554. The van der Waals surface area contributed by atoms with E-state index in [1.165, 1.54) is 26.4 Å². The standard InChI is InChI=1S/C15H15NO6/c1-19-13-9-11(3-5-12(13)21-8-7-16)4-6-14(17)22-10-15(18)20-2/h3-6,9H,8,10H2,1-2H3/b6-4+. The number of methoxy groups -OCH3 is 2. The highest BCUT2D eigenvalue weighted by Gasteiger charge is 2.06. The molecule has 0 heterocycles. The molecule has 116 valence electrons. The van der Waals surface area contributed by atoms with Crippen LogP contribution in [-0.2, 0) is 19.1 Å². The molecule has 0 saturated heterocycles. The monoisotopic (exact) mass is 305 g/mol. The molecule has 0 fully saturated rings. The van der Waals surface area contributed by atoms with Crippen molar-refractivity contribution < 1.29 is 28.5 Å². The lowest BCUT2D eigenvalue weighted by Gasteiger charge is -2.08. The third kappa shape index (κ3) is 5.54. The minimum Gasteiger partial charge on any atom is -0.493 e. The molecule has 0 radical (unpaired) electrons. The van der Waals surface area contributed by atoms with Gasteiger partial charge in [-0.2, -0.15) is 5.26 Å². The van der Waals surface area contributed by atoms with Crippen molar-refractivity contribution in [3.63, 3.8) is 0 Å². The van der Waals surface area contributed by atoms with E-state index in [4.69, 9.17) is 14.7 Å². The Morgan fingerprint density at radius 1 is 1.27 bits per heavy atom. The van der Waals surface area contributed by atoms with Gasteiger partial charge in [0.15, 0.2) is 24.7 Å². The van der Waals surface area contributed by atoms with Crippen LogP contribution in [0.3, 0.4) is 0 Å². The molecular formula is C15H15NO6. The molecule has 1 aromatic rings. The Morgan fingerprint density at radius 3 is 2.68 bits per heavy atom. The van der Waals surface area contributed by atoms with Crippen molar-refractivity contribution in [3.8, 4) is 17.6 Å². The summed E-state index contributed by atoms with van der Waals surface area (Å²) in [6.07, 6.45) is 2.67. The molecular weight excluding hydrogens is 290 g/mol. The van der Waals surface area contributed by atoms with Crippen molar-refractivity contribution in [2.24, 2.45) is 0 Å². The fraction of sp³-hybridized carbons (Fsp3) is 0.267. The topological polar surface area (TPSA) is 94.9 Å². The fourth-order valence-electron chi connectivity index (χ4n) is 1.42. The number of hydrogen-bond acceptors (Lipinski definition) is 7. The molecule has 1 rings (SSSR count). The highest BCUT2D eigenvalue weighted by molar-refractivity contribution is 5.88. The Labute approximate surface area is 127 Å². The molecule has 0 bridgehead atoms. The third-order valence-corrected chi connectivity index (χ3v) is 2.45. The highest BCUT2D eigenvalue weighted by Crippen LogP contribution is 2.28. The lowest BCUT2D eigenvalue weighted by atomic mass is 10.2. The van der Waals surface area contributed by atoms with E-state index in [2.05, 4.69) is 9.47 Å². The Balaban J connectivity index is 2.69. The number of carbonyl (C=O) groups is 2. The van der Waals surface area contributed by atoms with Crippen LogP contribution in [-0.4, -0.2) is 39.4 Å². The van der Waals surface area contributed by atoms with Crippen molar-refractivity contribution in [1.29, 1.82) is 5.26 Å². The summed E-state index contributed by atoms with van der Waals surface area (Å²) in [5.41, 5.74) is 0.663. The largest absolute Gasteiger partial charge is 0.493 e. The van der Waals surface area contributed by atoms with Gasteiger partial charge in [0.25, 0.3) is 0 Å². The average molecular weight is 305 g/mol. The minimum absolute atomic E-state index is 0.0919. The van der Waals surface area contributed by atoms with Crippen molar-refractivity contribution in [2.45, 2.75) is 0 Å².